The van der Waals surface area contributed by atoms with Gasteiger partial charge in [0.15, 0.2) is 6.10 Å². The molecule has 0 saturated carbocycles. The Balaban J connectivity index is 4.14. The van der Waals surface area contributed by atoms with Crippen LogP contribution in [0.5, 0.6) is 0 Å². The number of unbranched alkanes of at least 4 members (excludes halogenated alkanes) is 14. The van der Waals surface area contributed by atoms with Gasteiger partial charge < -0.3 is 14.2 Å². The third-order valence-corrected chi connectivity index (χ3v) is 8.07. The molecule has 1 unspecified atom stereocenters. The molecule has 0 aromatic carbocycles. The van der Waals surface area contributed by atoms with Gasteiger partial charge in [-0.3, -0.25) is 9.59 Å². The molecule has 0 spiro atoms. The molecule has 0 amide bonds. The minimum atomic E-state index is -0.540. The van der Waals surface area contributed by atoms with Crippen LogP contribution >= 0.6 is 0 Å². The van der Waals surface area contributed by atoms with Gasteiger partial charge in [0.1, 0.15) is 6.61 Å². The van der Waals surface area contributed by atoms with Crippen molar-refractivity contribution in [2.75, 3.05) is 19.8 Å². The topological polar surface area (TPSA) is 61.8 Å². The van der Waals surface area contributed by atoms with Gasteiger partial charge in [-0.15, -0.1) is 0 Å². The summed E-state index contributed by atoms with van der Waals surface area (Å²) in [6.07, 6.45) is 46.6. The maximum atomic E-state index is 12.5. The molecule has 48 heavy (non-hydrogen) atoms. The normalized spacial score (nSPS) is 12.8. The summed E-state index contributed by atoms with van der Waals surface area (Å²) in [7, 11) is 0. The lowest BCUT2D eigenvalue weighted by molar-refractivity contribution is -0.163. The number of esters is 2. The van der Waals surface area contributed by atoms with Crippen LogP contribution in [0.15, 0.2) is 60.8 Å². The van der Waals surface area contributed by atoms with Gasteiger partial charge in [0.25, 0.3) is 0 Å². The van der Waals surface area contributed by atoms with Crippen molar-refractivity contribution in [2.45, 2.75) is 181 Å². The second-order valence-electron chi connectivity index (χ2n) is 12.8. The molecular weight excluding hydrogens is 596 g/mol. The summed E-state index contributed by atoms with van der Waals surface area (Å²) < 4.78 is 17.0. The molecule has 0 aromatic rings. The predicted octanol–water partition coefficient (Wildman–Crippen LogP) is 12.7. The van der Waals surface area contributed by atoms with E-state index in [1.165, 1.54) is 51.4 Å². The summed E-state index contributed by atoms with van der Waals surface area (Å²) >= 11 is 0. The average molecular weight is 671 g/mol. The third-order valence-electron chi connectivity index (χ3n) is 8.07. The zero-order valence-electron chi connectivity index (χ0n) is 31.5. The molecule has 0 bridgehead atoms. The lowest BCUT2D eigenvalue weighted by Gasteiger charge is -2.18. The van der Waals surface area contributed by atoms with Gasteiger partial charge in [0.2, 0.25) is 0 Å². The largest absolute Gasteiger partial charge is 0.462 e. The number of allylic oxidation sites excluding steroid dienone is 10. The first-order chi connectivity index (χ1) is 23.6. The summed E-state index contributed by atoms with van der Waals surface area (Å²) in [6, 6.07) is 0. The Bertz CT molecular complexity index is 853. The van der Waals surface area contributed by atoms with Crippen LogP contribution in [0.4, 0.5) is 0 Å². The Morgan fingerprint density at radius 3 is 1.50 bits per heavy atom. The predicted molar refractivity (Wildman–Crippen MR) is 205 cm³/mol. The van der Waals surface area contributed by atoms with E-state index >= 15 is 0 Å². The fraction of sp³-hybridized carbons (Fsp3) is 0.721. The van der Waals surface area contributed by atoms with Crippen LogP contribution in [0.2, 0.25) is 0 Å². The van der Waals surface area contributed by atoms with E-state index in [2.05, 4.69) is 81.5 Å². The van der Waals surface area contributed by atoms with Crippen molar-refractivity contribution in [3.8, 4) is 0 Å². The van der Waals surface area contributed by atoms with Crippen LogP contribution in [-0.4, -0.2) is 37.9 Å². The molecule has 0 aliphatic rings. The van der Waals surface area contributed by atoms with Crippen LogP contribution in [0.3, 0.4) is 0 Å². The molecule has 0 aliphatic heterocycles. The van der Waals surface area contributed by atoms with Crippen LogP contribution in [0.1, 0.15) is 175 Å². The van der Waals surface area contributed by atoms with E-state index in [0.717, 1.165) is 89.9 Å². The van der Waals surface area contributed by atoms with Gasteiger partial charge in [-0.05, 0) is 64.2 Å². The van der Waals surface area contributed by atoms with Crippen LogP contribution in [0, 0.1) is 0 Å². The molecule has 0 saturated heterocycles. The minimum Gasteiger partial charge on any atom is -0.462 e. The smallest absolute Gasteiger partial charge is 0.306 e. The van der Waals surface area contributed by atoms with Crippen molar-refractivity contribution in [1.29, 1.82) is 0 Å². The van der Waals surface area contributed by atoms with Crippen molar-refractivity contribution in [3.63, 3.8) is 0 Å². The molecule has 276 valence electrons. The summed E-state index contributed by atoms with van der Waals surface area (Å²) in [5.41, 5.74) is 0. The first-order valence-electron chi connectivity index (χ1n) is 19.8. The van der Waals surface area contributed by atoms with Crippen molar-refractivity contribution in [1.82, 2.24) is 0 Å². The lowest BCUT2D eigenvalue weighted by Crippen LogP contribution is -2.30. The molecule has 0 N–H and O–H groups in total. The molecule has 0 heterocycles. The van der Waals surface area contributed by atoms with Gasteiger partial charge in [-0.2, -0.15) is 0 Å². The Hall–Kier alpha value is -2.40. The van der Waals surface area contributed by atoms with Crippen molar-refractivity contribution >= 4 is 11.9 Å². The van der Waals surface area contributed by atoms with E-state index in [1.807, 2.05) is 0 Å². The van der Waals surface area contributed by atoms with Gasteiger partial charge in [-0.1, -0.05) is 159 Å². The third kappa shape index (κ3) is 36.4. The second kappa shape index (κ2) is 39.0. The highest BCUT2D eigenvalue weighted by molar-refractivity contribution is 5.70. The molecule has 0 aromatic heterocycles. The van der Waals surface area contributed by atoms with Gasteiger partial charge in [-0.25, -0.2) is 0 Å². The Kier molecular flexibility index (Phi) is 37.1. The number of hydrogen-bond donors (Lipinski definition) is 0. The van der Waals surface area contributed by atoms with Gasteiger partial charge in [0.05, 0.1) is 6.61 Å². The van der Waals surface area contributed by atoms with Crippen molar-refractivity contribution in [3.05, 3.63) is 60.8 Å². The Morgan fingerprint density at radius 1 is 0.479 bits per heavy atom. The second-order valence-corrected chi connectivity index (χ2v) is 12.8. The first-order valence-corrected chi connectivity index (χ1v) is 19.8. The molecule has 5 heteroatoms. The van der Waals surface area contributed by atoms with E-state index in [9.17, 15) is 9.59 Å². The molecule has 1 atom stereocenters. The maximum Gasteiger partial charge on any atom is 0.306 e. The Labute approximate surface area is 296 Å². The average Bonchev–Trinajstić information content (AvgIpc) is 3.08. The van der Waals surface area contributed by atoms with Gasteiger partial charge in [0, 0.05) is 19.4 Å². The monoisotopic (exact) mass is 671 g/mol. The van der Waals surface area contributed by atoms with E-state index in [4.69, 9.17) is 14.2 Å². The standard InChI is InChI=1S/C43H74O5/c1-4-7-10-13-16-17-18-19-20-21-22-23-24-25-26-27-29-30-33-36-42(44)47-40-41(39-46-38-35-32-15-12-9-6-3)48-43(45)37-34-31-28-14-11-8-5-2/h7,10,16-17,19-20,22-23,25-26,41H,4-6,8-9,11-15,18,21,24,27-40H2,1-3H3/b10-7-,17-16-,20-19-,23-22-,26-25-. The molecule has 0 rings (SSSR count). The summed E-state index contributed by atoms with van der Waals surface area (Å²) in [5, 5.41) is 0. The fourth-order valence-corrected chi connectivity index (χ4v) is 5.12. The number of ether oxygens (including phenoxy) is 3. The molecule has 0 fully saturated rings. The highest BCUT2D eigenvalue weighted by atomic mass is 16.6. The highest BCUT2D eigenvalue weighted by Crippen LogP contribution is 2.11. The van der Waals surface area contributed by atoms with E-state index in [1.54, 1.807) is 0 Å². The van der Waals surface area contributed by atoms with Gasteiger partial charge >= 0.3 is 11.9 Å². The van der Waals surface area contributed by atoms with Crippen LogP contribution in [0.25, 0.3) is 0 Å². The summed E-state index contributed by atoms with van der Waals surface area (Å²) in [5.74, 6) is -0.447. The van der Waals surface area contributed by atoms with E-state index < -0.39 is 6.10 Å². The molecule has 0 aliphatic carbocycles. The number of hydrogen-bond acceptors (Lipinski definition) is 5. The molecular formula is C43H74O5. The number of carbonyl (C=O) groups is 2. The molecule has 5 nitrogen and oxygen atoms in total. The zero-order valence-corrected chi connectivity index (χ0v) is 31.5. The first kappa shape index (κ1) is 45.6. The summed E-state index contributed by atoms with van der Waals surface area (Å²) in [6.45, 7) is 7.58. The Morgan fingerprint density at radius 2 is 0.938 bits per heavy atom. The van der Waals surface area contributed by atoms with E-state index in [0.29, 0.717) is 19.4 Å². The SMILES string of the molecule is CC/C=C\C/C=C\C/C=C\C/C=C\C/C=C\CCCCCC(=O)OCC(COCCCCCCCC)OC(=O)CCCCCCCCC. The fourth-order valence-electron chi connectivity index (χ4n) is 5.12. The highest BCUT2D eigenvalue weighted by Gasteiger charge is 2.17. The van der Waals surface area contributed by atoms with Crippen LogP contribution in [-0.2, 0) is 23.8 Å². The van der Waals surface area contributed by atoms with Crippen LogP contribution < -0.4 is 0 Å². The zero-order chi connectivity index (χ0) is 35.0. The maximum absolute atomic E-state index is 12.5. The van der Waals surface area contributed by atoms with Crippen molar-refractivity contribution in [2.24, 2.45) is 0 Å². The summed E-state index contributed by atoms with van der Waals surface area (Å²) in [4.78, 5) is 24.9. The van der Waals surface area contributed by atoms with Crippen molar-refractivity contribution < 1.29 is 23.8 Å². The quantitative estimate of drug-likeness (QED) is 0.0381. The number of rotatable bonds is 35. The molecule has 0 radical (unpaired) electrons. The van der Waals surface area contributed by atoms with E-state index in [-0.39, 0.29) is 25.2 Å². The lowest BCUT2D eigenvalue weighted by atomic mass is 10.1. The minimum absolute atomic E-state index is 0.0676. The number of carbonyl (C=O) groups excluding carboxylic acids is 2.